The van der Waals surface area contributed by atoms with E-state index in [1.54, 1.807) is 12.1 Å². The third-order valence-corrected chi connectivity index (χ3v) is 5.13. The van der Waals surface area contributed by atoms with Gasteiger partial charge >= 0.3 is 29.6 Å². The first-order valence-electron chi connectivity index (χ1n) is 8.02. The first-order chi connectivity index (χ1) is 10.6. The molecular weight excluding hydrogens is 319 g/mol. The molecule has 0 aromatic heterocycles. The SMILES string of the molecule is CCCCCCCCOS(=O)(=O)c1cccc2ccccc12.[NaH]. The van der Waals surface area contributed by atoms with E-state index in [0.717, 1.165) is 24.6 Å². The molecule has 0 aliphatic heterocycles. The Kier molecular flexibility index (Phi) is 9.40. The minimum atomic E-state index is -3.68. The molecule has 0 aliphatic rings. The first-order valence-corrected chi connectivity index (χ1v) is 9.43. The van der Waals surface area contributed by atoms with E-state index in [1.807, 2.05) is 30.3 Å². The molecule has 0 unspecified atom stereocenters. The van der Waals surface area contributed by atoms with Crippen LogP contribution in [0.25, 0.3) is 10.8 Å². The maximum atomic E-state index is 12.4. The van der Waals surface area contributed by atoms with Crippen LogP contribution in [0.4, 0.5) is 0 Å². The zero-order chi connectivity index (χ0) is 15.8. The van der Waals surface area contributed by atoms with Crippen LogP contribution in [-0.4, -0.2) is 44.6 Å². The summed E-state index contributed by atoms with van der Waals surface area (Å²) in [6.07, 6.45) is 6.62. The summed E-state index contributed by atoms with van der Waals surface area (Å²) >= 11 is 0. The second-order valence-electron chi connectivity index (χ2n) is 5.52. The summed E-state index contributed by atoms with van der Waals surface area (Å²) in [5.74, 6) is 0. The molecule has 0 amide bonds. The Morgan fingerprint density at radius 3 is 2.30 bits per heavy atom. The van der Waals surface area contributed by atoms with Crippen molar-refractivity contribution < 1.29 is 12.6 Å². The Morgan fingerprint density at radius 2 is 1.52 bits per heavy atom. The Balaban J connectivity index is 0.00000264. The quantitative estimate of drug-likeness (QED) is 0.388. The molecule has 0 fully saturated rings. The maximum absolute atomic E-state index is 12.4. The van der Waals surface area contributed by atoms with Crippen molar-refractivity contribution in [1.29, 1.82) is 0 Å². The summed E-state index contributed by atoms with van der Waals surface area (Å²) in [4.78, 5) is 0.261. The molecule has 0 radical (unpaired) electrons. The number of rotatable bonds is 9. The van der Waals surface area contributed by atoms with Crippen molar-refractivity contribution >= 4 is 50.4 Å². The molecule has 0 N–H and O–H groups in total. The van der Waals surface area contributed by atoms with Gasteiger partial charge in [-0.05, 0) is 17.9 Å². The van der Waals surface area contributed by atoms with E-state index in [1.165, 1.54) is 19.3 Å². The molecule has 2 aromatic rings. The third-order valence-electron chi connectivity index (χ3n) is 3.76. The van der Waals surface area contributed by atoms with Crippen molar-refractivity contribution in [2.24, 2.45) is 0 Å². The normalized spacial score (nSPS) is 11.3. The number of benzene rings is 2. The Hall–Kier alpha value is -0.390. The molecule has 0 atom stereocenters. The molecule has 0 aliphatic carbocycles. The van der Waals surface area contributed by atoms with E-state index in [-0.39, 0.29) is 41.1 Å². The van der Waals surface area contributed by atoms with E-state index < -0.39 is 10.1 Å². The van der Waals surface area contributed by atoms with Gasteiger partial charge in [0.2, 0.25) is 0 Å². The Bertz CT molecular complexity index is 693. The molecule has 2 aromatic carbocycles. The zero-order valence-corrected chi connectivity index (χ0v) is 13.9. The van der Waals surface area contributed by atoms with Crippen molar-refractivity contribution in [1.82, 2.24) is 0 Å². The zero-order valence-electron chi connectivity index (χ0n) is 13.1. The first kappa shape index (κ1) is 20.7. The molecule has 122 valence electrons. The van der Waals surface area contributed by atoms with Crippen LogP contribution in [0, 0.1) is 0 Å². The predicted octanol–water partition coefficient (Wildman–Crippen LogP) is 4.26. The number of hydrogen-bond donors (Lipinski definition) is 0. The summed E-state index contributed by atoms with van der Waals surface area (Å²) in [6, 6.07) is 12.7. The summed E-state index contributed by atoms with van der Waals surface area (Å²) in [7, 11) is -3.68. The predicted molar refractivity (Wildman–Crippen MR) is 97.6 cm³/mol. The summed E-state index contributed by atoms with van der Waals surface area (Å²) < 4.78 is 29.9. The Labute approximate surface area is 161 Å². The van der Waals surface area contributed by atoms with Crippen LogP contribution in [-0.2, 0) is 14.3 Å². The van der Waals surface area contributed by atoms with Crippen LogP contribution in [0.1, 0.15) is 45.4 Å². The average Bonchev–Trinajstić information content (AvgIpc) is 2.53. The van der Waals surface area contributed by atoms with Crippen molar-refractivity contribution in [2.45, 2.75) is 50.3 Å². The summed E-state index contributed by atoms with van der Waals surface area (Å²) in [5, 5.41) is 1.62. The van der Waals surface area contributed by atoms with Crippen LogP contribution in [0.15, 0.2) is 47.4 Å². The van der Waals surface area contributed by atoms with Crippen molar-refractivity contribution in [2.75, 3.05) is 6.61 Å². The number of unbranched alkanes of at least 4 members (excludes halogenated alkanes) is 5. The van der Waals surface area contributed by atoms with Gasteiger partial charge in [0.1, 0.15) is 4.90 Å². The molecule has 2 rings (SSSR count). The van der Waals surface area contributed by atoms with Crippen molar-refractivity contribution in [3.05, 3.63) is 42.5 Å². The fourth-order valence-corrected chi connectivity index (χ4v) is 3.69. The van der Waals surface area contributed by atoms with Gasteiger partial charge in [0.25, 0.3) is 10.1 Å². The van der Waals surface area contributed by atoms with Gasteiger partial charge in [0.05, 0.1) is 6.61 Å². The van der Waals surface area contributed by atoms with Crippen molar-refractivity contribution in [3.63, 3.8) is 0 Å². The average molecular weight is 344 g/mol. The molecule has 3 nitrogen and oxygen atoms in total. The van der Waals surface area contributed by atoms with Crippen LogP contribution in [0.3, 0.4) is 0 Å². The van der Waals surface area contributed by atoms with Gasteiger partial charge in [0.15, 0.2) is 0 Å². The second kappa shape index (κ2) is 10.5. The van der Waals surface area contributed by atoms with E-state index in [4.69, 9.17) is 4.18 Å². The molecule has 0 bridgehead atoms. The number of hydrogen-bond acceptors (Lipinski definition) is 3. The van der Waals surface area contributed by atoms with Gasteiger partial charge in [-0.2, -0.15) is 8.42 Å². The molecule has 5 heteroatoms. The van der Waals surface area contributed by atoms with Crippen LogP contribution < -0.4 is 0 Å². The van der Waals surface area contributed by atoms with Crippen molar-refractivity contribution in [3.8, 4) is 0 Å². The van der Waals surface area contributed by atoms with E-state index >= 15 is 0 Å². The van der Waals surface area contributed by atoms with Crippen LogP contribution >= 0.6 is 0 Å². The third kappa shape index (κ3) is 6.20. The molecule has 0 saturated heterocycles. The fraction of sp³-hybridized carbons (Fsp3) is 0.444. The van der Waals surface area contributed by atoms with Gasteiger partial charge in [-0.1, -0.05) is 75.4 Å². The van der Waals surface area contributed by atoms with Gasteiger partial charge < -0.3 is 0 Å². The molecular formula is C18H25NaO3S. The molecule has 23 heavy (non-hydrogen) atoms. The molecule has 0 spiro atoms. The summed E-state index contributed by atoms with van der Waals surface area (Å²) in [5.41, 5.74) is 0. The monoisotopic (exact) mass is 344 g/mol. The van der Waals surface area contributed by atoms with Crippen LogP contribution in [0.2, 0.25) is 0 Å². The molecule has 0 heterocycles. The minimum absolute atomic E-state index is 0. The van der Waals surface area contributed by atoms with Gasteiger partial charge in [-0.25, -0.2) is 0 Å². The van der Waals surface area contributed by atoms with E-state index in [9.17, 15) is 8.42 Å². The van der Waals surface area contributed by atoms with E-state index in [2.05, 4.69) is 6.92 Å². The van der Waals surface area contributed by atoms with Crippen LogP contribution in [0.5, 0.6) is 0 Å². The second-order valence-corrected chi connectivity index (χ2v) is 7.10. The topological polar surface area (TPSA) is 43.4 Å². The number of fused-ring (bicyclic) bond motifs is 1. The standard InChI is InChI=1S/C18H24O3S.Na.H/c1-2-3-4-5-6-9-15-21-22(19,20)18-14-10-12-16-11-7-8-13-17(16)18;;/h7-8,10-14H,2-6,9,15H2,1H3;;. The van der Waals surface area contributed by atoms with Gasteiger partial charge in [-0.15, -0.1) is 0 Å². The van der Waals surface area contributed by atoms with Gasteiger partial charge in [0, 0.05) is 5.39 Å². The molecule has 0 saturated carbocycles. The Morgan fingerprint density at radius 1 is 0.870 bits per heavy atom. The summed E-state index contributed by atoms with van der Waals surface area (Å²) in [6.45, 7) is 2.44. The van der Waals surface area contributed by atoms with E-state index in [0.29, 0.717) is 5.39 Å². The fourth-order valence-electron chi connectivity index (χ4n) is 2.53. The van der Waals surface area contributed by atoms with Gasteiger partial charge in [-0.3, -0.25) is 4.18 Å².